The maximum absolute atomic E-state index is 14.7. The van der Waals surface area contributed by atoms with Crippen LogP contribution in [0.3, 0.4) is 0 Å². The molecule has 1 aromatic rings. The minimum absolute atomic E-state index is 0.00950. The Morgan fingerprint density at radius 1 is 0.331 bits per heavy atom. The lowest BCUT2D eigenvalue weighted by Crippen LogP contribution is -2.64. The van der Waals surface area contributed by atoms with Crippen molar-refractivity contribution < 1.29 is 117 Å². The molecule has 0 heterocycles. The number of hydrogen-bond donors (Lipinski definition) is 23. The summed E-state index contributed by atoms with van der Waals surface area (Å²) in [4.78, 5) is 263. The fourth-order valence-corrected chi connectivity index (χ4v) is 13.5. The van der Waals surface area contributed by atoms with Crippen LogP contribution in [0.25, 0.3) is 0 Å². The number of nitrogens with one attached hydrogen (secondary N) is 16. The predicted octanol–water partition coefficient (Wildman–Crippen LogP) is -2.18. The van der Waals surface area contributed by atoms with E-state index in [9.17, 15) is 117 Å². The SMILES string of the molecule is CC[C@H](C)[C@H](NC(=O)[C@H](CO)NC(=O)[C@@H](NC(=O)[C@@H](NC(=O)[C@@H](NC(=O)[C@H](CC(=O)O)NC(=O)[C@H](CC(C)C)NC(=O)[C@H](CC(C)C)NC(=O)[C@H](CC(C)C)NC(=O)[C@@H](NC(=O)CNC(=O)[C@H](CC(C)C)NC(=O)[C@@H](N)CO)C(C)C)[C@@H](C)O)[C@@H](C)CC)[C@@H](C)CC)C(=O)N[C@@H](CCC(N)=O)C(=O)N[C@@H](Cc1ccccc1)C(=O)N[C@@H](CC(C)C)C(=O)N[C@H](C(=O)O)C(C)C. The van der Waals surface area contributed by atoms with Crippen molar-refractivity contribution in [3.05, 3.63) is 35.9 Å². The summed E-state index contributed by atoms with van der Waals surface area (Å²) >= 11 is 0. The Bertz CT molecular complexity index is 3920. The molecule has 0 aliphatic rings. The number of rotatable bonds is 61. The zero-order chi connectivity index (χ0) is 99.6. The summed E-state index contributed by atoms with van der Waals surface area (Å²) in [5.74, 6) is -24.1. The molecular weight excluding hydrogens is 1690 g/mol. The Labute approximate surface area is 762 Å². The molecule has 42 nitrogen and oxygen atoms in total. The smallest absolute Gasteiger partial charge is 0.326 e. The van der Waals surface area contributed by atoms with E-state index in [1.807, 2.05) is 0 Å². The Morgan fingerprint density at radius 3 is 1.00 bits per heavy atom. The second-order valence-electron chi connectivity index (χ2n) is 36.4. The van der Waals surface area contributed by atoms with E-state index in [-0.39, 0.29) is 87.4 Å². The van der Waals surface area contributed by atoms with Gasteiger partial charge in [0.2, 0.25) is 100 Å². The van der Waals surface area contributed by atoms with E-state index in [0.29, 0.717) is 5.56 Å². The molecule has 0 radical (unpaired) electrons. The topological polar surface area (TPSA) is 670 Å². The average molecular weight is 1840 g/mol. The van der Waals surface area contributed by atoms with E-state index in [2.05, 4.69) is 85.1 Å². The fraction of sp³-hybridized carbons (Fsp3) is 0.716. The molecule has 0 saturated heterocycles. The van der Waals surface area contributed by atoms with Crippen molar-refractivity contribution >= 4 is 112 Å². The van der Waals surface area contributed by atoms with Crippen LogP contribution in [0.1, 0.15) is 222 Å². The summed E-state index contributed by atoms with van der Waals surface area (Å²) in [5, 5.41) is 91.6. The molecule has 0 aliphatic heterocycles. The molecule has 0 spiro atoms. The van der Waals surface area contributed by atoms with E-state index in [0.717, 1.165) is 6.92 Å². The first-order chi connectivity index (χ1) is 60.6. The highest BCUT2D eigenvalue weighted by molar-refractivity contribution is 6.02. The molecule has 736 valence electrons. The molecule has 17 amide bonds. The van der Waals surface area contributed by atoms with Gasteiger partial charge in [-0.15, -0.1) is 0 Å². The maximum atomic E-state index is 14.7. The Balaban J connectivity index is 3.64. The summed E-state index contributed by atoms with van der Waals surface area (Å²) < 4.78 is 0. The second-order valence-corrected chi connectivity index (χ2v) is 36.4. The number of primary amides is 1. The third-order valence-electron chi connectivity index (χ3n) is 21.7. The molecule has 0 aromatic heterocycles. The van der Waals surface area contributed by atoms with Crippen LogP contribution in [-0.4, -0.2) is 260 Å². The molecular formula is C88H150N18O24. The summed E-state index contributed by atoms with van der Waals surface area (Å²) in [7, 11) is 0. The number of benzene rings is 1. The Kier molecular flexibility index (Phi) is 52.7. The average Bonchev–Trinajstić information content (AvgIpc) is 0.850. The molecule has 0 saturated carbocycles. The number of carboxylic acids is 2. The highest BCUT2D eigenvalue weighted by Gasteiger charge is 2.42. The van der Waals surface area contributed by atoms with Crippen LogP contribution in [-0.2, 0) is 97.5 Å². The lowest BCUT2D eigenvalue weighted by molar-refractivity contribution is -0.143. The first-order valence-corrected chi connectivity index (χ1v) is 44.8. The van der Waals surface area contributed by atoms with Gasteiger partial charge >= 0.3 is 11.9 Å². The lowest BCUT2D eigenvalue weighted by Gasteiger charge is -2.32. The van der Waals surface area contributed by atoms with Crippen molar-refractivity contribution in [3.8, 4) is 0 Å². The van der Waals surface area contributed by atoms with Gasteiger partial charge in [0.15, 0.2) is 0 Å². The molecule has 25 N–H and O–H groups in total. The first-order valence-electron chi connectivity index (χ1n) is 44.8. The maximum Gasteiger partial charge on any atom is 0.326 e. The van der Waals surface area contributed by atoms with Gasteiger partial charge in [0.25, 0.3) is 0 Å². The minimum Gasteiger partial charge on any atom is -0.481 e. The monoisotopic (exact) mass is 1840 g/mol. The van der Waals surface area contributed by atoms with Crippen molar-refractivity contribution in [3.63, 3.8) is 0 Å². The van der Waals surface area contributed by atoms with Crippen LogP contribution in [0, 0.1) is 59.2 Å². The standard InChI is InChI=1S/C88H150N18O24/c1-22-49(18)69(84(125)92-55(30-31-64(90)110)75(116)97-61(37-53-28-26-25-27-29-53)79(120)96-60(36-46(12)13)80(121)102-68(48(16)17)88(129)130)103-82(123)63(41-108)100-85(126)70(50(19)23-2)104-86(127)71(51(20)24-3)105-87(128)72(52(21)109)106-81(122)62(38-66(112)113)98-77(118)58(34-44(8)9)94-76(117)57(33-43(6)7)95-78(119)59(35-45(10)11)99-83(124)67(47(14)15)101-65(111)39-91-74(115)56(32-42(4)5)93-73(114)54(89)40-107/h25-29,42-52,54-63,67-72,107-109H,22-24,30-41,89H2,1-21H3,(H2,90,110)(H,91,115)(H,92,125)(H,93,114)(H,94,117)(H,95,119)(H,96,120)(H,97,116)(H,98,118)(H,99,124)(H,100,126)(H,101,111)(H,102,121)(H,103,123)(H,104,127)(H,105,128)(H,106,122)(H,112,113)(H,129,130)/t49-,50-,51-,52+,54-,55-,56-,57-,58-,59-,60-,61-,62-,63-,67-,68-,69-,70-,71-,72-/m0/s1. The molecule has 0 unspecified atom stereocenters. The van der Waals surface area contributed by atoms with E-state index < -0.39 is 284 Å². The van der Waals surface area contributed by atoms with E-state index in [1.165, 1.54) is 0 Å². The van der Waals surface area contributed by atoms with Crippen LogP contribution in [0.4, 0.5) is 0 Å². The third kappa shape index (κ3) is 42.3. The van der Waals surface area contributed by atoms with Gasteiger partial charge < -0.3 is 122 Å². The van der Waals surface area contributed by atoms with Crippen molar-refractivity contribution in [2.24, 2.45) is 70.6 Å². The zero-order valence-corrected chi connectivity index (χ0v) is 79.2. The number of carbonyl (C=O) groups excluding carboxylic acids is 17. The number of aliphatic hydroxyl groups is 3. The van der Waals surface area contributed by atoms with Crippen molar-refractivity contribution in [2.45, 2.75) is 325 Å². The number of nitrogens with two attached hydrogens (primary N) is 2. The second kappa shape index (κ2) is 58.6. The van der Waals surface area contributed by atoms with Gasteiger partial charge in [-0.25, -0.2) is 4.79 Å². The lowest BCUT2D eigenvalue weighted by atomic mass is 9.94. The molecule has 0 bridgehead atoms. The zero-order valence-electron chi connectivity index (χ0n) is 79.2. The number of carbonyl (C=O) groups is 19. The summed E-state index contributed by atoms with van der Waals surface area (Å²) in [6.45, 7) is 32.1. The highest BCUT2D eigenvalue weighted by atomic mass is 16.4. The van der Waals surface area contributed by atoms with Crippen LogP contribution in [0.5, 0.6) is 0 Å². The van der Waals surface area contributed by atoms with E-state index in [4.69, 9.17) is 11.5 Å². The number of aliphatic hydroxyl groups excluding tert-OH is 3. The molecule has 20 atom stereocenters. The van der Waals surface area contributed by atoms with E-state index >= 15 is 0 Å². The molecule has 42 heteroatoms. The summed E-state index contributed by atoms with van der Waals surface area (Å²) in [6.07, 6.45) is -3.52. The fourth-order valence-electron chi connectivity index (χ4n) is 13.5. The largest absolute Gasteiger partial charge is 0.481 e. The van der Waals surface area contributed by atoms with Gasteiger partial charge in [0, 0.05) is 12.8 Å². The Morgan fingerprint density at radius 2 is 0.631 bits per heavy atom. The van der Waals surface area contributed by atoms with Gasteiger partial charge in [-0.1, -0.05) is 188 Å². The number of hydrogen-bond acceptors (Lipinski definition) is 23. The van der Waals surface area contributed by atoms with Crippen molar-refractivity contribution in [1.82, 2.24) is 85.1 Å². The normalized spacial score (nSPS) is 16.1. The third-order valence-corrected chi connectivity index (χ3v) is 21.7. The van der Waals surface area contributed by atoms with Gasteiger partial charge in [-0.2, -0.15) is 0 Å². The molecule has 130 heavy (non-hydrogen) atoms. The molecule has 1 rings (SSSR count). The molecule has 1 aromatic carbocycles. The quantitative estimate of drug-likeness (QED) is 0.0330. The van der Waals surface area contributed by atoms with Crippen molar-refractivity contribution in [1.29, 1.82) is 0 Å². The first kappa shape index (κ1) is 117. The van der Waals surface area contributed by atoms with E-state index in [1.54, 1.807) is 169 Å². The summed E-state index contributed by atoms with van der Waals surface area (Å²) in [5.41, 5.74) is 11.7. The molecule has 0 fully saturated rings. The predicted molar refractivity (Wildman–Crippen MR) is 480 cm³/mol. The number of aliphatic carboxylic acids is 2. The van der Waals surface area contributed by atoms with Crippen LogP contribution in [0.15, 0.2) is 30.3 Å². The van der Waals surface area contributed by atoms with Crippen LogP contribution >= 0.6 is 0 Å². The summed E-state index contributed by atoms with van der Waals surface area (Å²) in [6, 6.07) is -15.9. The Hall–Kier alpha value is -11.0. The van der Waals surface area contributed by atoms with Crippen LogP contribution < -0.4 is 96.5 Å². The molecule has 0 aliphatic carbocycles. The van der Waals surface area contributed by atoms with Gasteiger partial charge in [-0.3, -0.25) is 86.3 Å². The minimum atomic E-state index is -2.04. The van der Waals surface area contributed by atoms with Gasteiger partial charge in [-0.05, 0) is 110 Å². The number of amides is 17. The number of carboxylic acid groups (broad SMARTS) is 2. The van der Waals surface area contributed by atoms with Crippen molar-refractivity contribution in [2.75, 3.05) is 19.8 Å². The van der Waals surface area contributed by atoms with Gasteiger partial charge in [0.1, 0.15) is 96.7 Å². The van der Waals surface area contributed by atoms with Crippen LogP contribution in [0.2, 0.25) is 0 Å². The van der Waals surface area contributed by atoms with Gasteiger partial charge in [0.05, 0.1) is 32.3 Å². The highest BCUT2D eigenvalue weighted by Crippen LogP contribution is 2.20.